The standard InChI is InChI=1S/C17H12N6O2/c24-16(25)11-7-5-10(6-8-11)9-18-22-17-20-15-14(21-23-17)12-3-1-2-4-13(12)19-15/h1-9H,(H,24,25)(H2,19,20,22,23)/b18-9-. The highest BCUT2D eigenvalue weighted by Crippen LogP contribution is 2.21. The largest absolute Gasteiger partial charge is 0.478 e. The van der Waals surface area contributed by atoms with Crippen LogP contribution in [0, 0.1) is 0 Å². The van der Waals surface area contributed by atoms with E-state index in [9.17, 15) is 4.79 Å². The van der Waals surface area contributed by atoms with Gasteiger partial charge < -0.3 is 10.1 Å². The minimum Gasteiger partial charge on any atom is -0.478 e. The van der Waals surface area contributed by atoms with Gasteiger partial charge in [-0.05, 0) is 23.8 Å². The number of aromatic nitrogens is 4. The molecule has 0 aliphatic rings. The number of aromatic amines is 1. The van der Waals surface area contributed by atoms with Crippen LogP contribution >= 0.6 is 0 Å². The quantitative estimate of drug-likeness (QED) is 0.391. The van der Waals surface area contributed by atoms with E-state index in [4.69, 9.17) is 5.11 Å². The number of hydrogen-bond acceptors (Lipinski definition) is 6. The van der Waals surface area contributed by atoms with Gasteiger partial charge in [-0.15, -0.1) is 10.2 Å². The smallest absolute Gasteiger partial charge is 0.335 e. The summed E-state index contributed by atoms with van der Waals surface area (Å²) in [4.78, 5) is 18.3. The van der Waals surface area contributed by atoms with E-state index >= 15 is 0 Å². The molecule has 8 heteroatoms. The number of nitrogens with one attached hydrogen (secondary N) is 2. The van der Waals surface area contributed by atoms with Crippen molar-refractivity contribution in [2.75, 3.05) is 5.43 Å². The summed E-state index contributed by atoms with van der Waals surface area (Å²) in [7, 11) is 0. The Balaban J connectivity index is 1.54. The third kappa shape index (κ3) is 2.88. The number of nitrogens with zero attached hydrogens (tertiary/aromatic N) is 4. The lowest BCUT2D eigenvalue weighted by Gasteiger charge is -1.98. The second kappa shape index (κ2) is 6.00. The predicted octanol–water partition coefficient (Wildman–Crippen LogP) is 2.65. The maximum Gasteiger partial charge on any atom is 0.335 e. The number of aromatic carboxylic acids is 1. The topological polar surface area (TPSA) is 116 Å². The van der Waals surface area contributed by atoms with E-state index in [-0.39, 0.29) is 11.5 Å². The van der Waals surface area contributed by atoms with Gasteiger partial charge in [0.15, 0.2) is 5.65 Å². The summed E-state index contributed by atoms with van der Waals surface area (Å²) in [5.74, 6) is -0.704. The van der Waals surface area contributed by atoms with E-state index in [2.05, 4.69) is 30.7 Å². The summed E-state index contributed by atoms with van der Waals surface area (Å²) in [5, 5.41) is 22.1. The number of rotatable bonds is 4. The van der Waals surface area contributed by atoms with Crippen molar-refractivity contribution in [3.63, 3.8) is 0 Å². The Morgan fingerprint density at radius 1 is 1.12 bits per heavy atom. The average Bonchev–Trinajstić information content (AvgIpc) is 3.00. The Labute approximate surface area is 141 Å². The molecule has 0 unspecified atom stereocenters. The van der Waals surface area contributed by atoms with E-state index in [1.54, 1.807) is 18.3 Å². The fourth-order valence-corrected chi connectivity index (χ4v) is 2.44. The minimum absolute atomic E-state index is 0.224. The third-order valence-corrected chi connectivity index (χ3v) is 3.66. The average molecular weight is 332 g/mol. The maximum atomic E-state index is 10.8. The second-order valence-electron chi connectivity index (χ2n) is 5.30. The van der Waals surface area contributed by atoms with Crippen LogP contribution in [0.15, 0.2) is 53.6 Å². The Hall–Kier alpha value is -3.81. The van der Waals surface area contributed by atoms with Crippen LogP contribution in [0.3, 0.4) is 0 Å². The number of hydrogen-bond donors (Lipinski definition) is 3. The summed E-state index contributed by atoms with van der Waals surface area (Å²) in [6, 6.07) is 14.1. The van der Waals surface area contributed by atoms with Crippen LogP contribution in [-0.2, 0) is 0 Å². The Kier molecular flexibility index (Phi) is 3.55. The summed E-state index contributed by atoms with van der Waals surface area (Å²) in [5.41, 5.74) is 5.96. The van der Waals surface area contributed by atoms with E-state index in [1.165, 1.54) is 12.1 Å². The van der Waals surface area contributed by atoms with Gasteiger partial charge in [-0.1, -0.05) is 30.3 Å². The summed E-state index contributed by atoms with van der Waals surface area (Å²) in [6.07, 6.45) is 1.55. The fraction of sp³-hybridized carbons (Fsp3) is 0. The molecule has 3 N–H and O–H groups in total. The molecule has 0 fully saturated rings. The molecule has 122 valence electrons. The molecular formula is C17H12N6O2. The molecule has 0 spiro atoms. The fourth-order valence-electron chi connectivity index (χ4n) is 2.44. The van der Waals surface area contributed by atoms with E-state index < -0.39 is 5.97 Å². The lowest BCUT2D eigenvalue weighted by atomic mass is 10.1. The van der Waals surface area contributed by atoms with Crippen LogP contribution in [0.5, 0.6) is 0 Å². The molecule has 0 saturated heterocycles. The van der Waals surface area contributed by atoms with Crippen LogP contribution in [0.2, 0.25) is 0 Å². The van der Waals surface area contributed by atoms with E-state index in [0.29, 0.717) is 11.2 Å². The number of hydrazone groups is 1. The predicted molar refractivity (Wildman–Crippen MR) is 93.8 cm³/mol. The van der Waals surface area contributed by atoms with Crippen molar-refractivity contribution in [3.8, 4) is 0 Å². The molecule has 4 rings (SSSR count). The Morgan fingerprint density at radius 2 is 1.92 bits per heavy atom. The first-order chi connectivity index (χ1) is 12.2. The van der Waals surface area contributed by atoms with Gasteiger partial charge in [0.25, 0.3) is 5.95 Å². The second-order valence-corrected chi connectivity index (χ2v) is 5.30. The molecule has 0 radical (unpaired) electrons. The first kappa shape index (κ1) is 14.8. The van der Waals surface area contributed by atoms with Crippen molar-refractivity contribution in [2.45, 2.75) is 0 Å². The number of carboxylic acids is 1. The number of H-pyrrole nitrogens is 1. The van der Waals surface area contributed by atoms with Crippen LogP contribution in [0.4, 0.5) is 5.95 Å². The number of carboxylic acid groups (broad SMARTS) is 1. The van der Waals surface area contributed by atoms with Crippen molar-refractivity contribution in [1.29, 1.82) is 0 Å². The lowest BCUT2D eigenvalue weighted by molar-refractivity contribution is 0.0697. The highest BCUT2D eigenvalue weighted by atomic mass is 16.4. The van der Waals surface area contributed by atoms with Crippen LogP contribution in [0.1, 0.15) is 15.9 Å². The lowest BCUT2D eigenvalue weighted by Crippen LogP contribution is -1.99. The Bertz CT molecular complexity index is 1100. The van der Waals surface area contributed by atoms with Crippen LogP contribution < -0.4 is 5.43 Å². The number of carbonyl (C=O) groups is 1. The zero-order valence-electron chi connectivity index (χ0n) is 12.8. The molecule has 0 amide bonds. The monoisotopic (exact) mass is 332 g/mol. The van der Waals surface area contributed by atoms with Gasteiger partial charge in [-0.2, -0.15) is 10.1 Å². The maximum absolute atomic E-state index is 10.8. The van der Waals surface area contributed by atoms with Crippen molar-refractivity contribution < 1.29 is 9.90 Å². The van der Waals surface area contributed by atoms with Gasteiger partial charge in [-0.25, -0.2) is 10.2 Å². The van der Waals surface area contributed by atoms with E-state index in [1.807, 2.05) is 24.3 Å². The van der Waals surface area contributed by atoms with Gasteiger partial charge in [0.1, 0.15) is 5.52 Å². The molecular weight excluding hydrogens is 320 g/mol. The molecule has 0 saturated carbocycles. The summed E-state index contributed by atoms with van der Waals surface area (Å²) >= 11 is 0. The number of benzene rings is 2. The van der Waals surface area contributed by atoms with Gasteiger partial charge in [-0.3, -0.25) is 0 Å². The summed E-state index contributed by atoms with van der Waals surface area (Å²) < 4.78 is 0. The number of para-hydroxylation sites is 1. The van der Waals surface area contributed by atoms with Gasteiger partial charge in [0.2, 0.25) is 0 Å². The first-order valence-electron chi connectivity index (χ1n) is 7.44. The number of anilines is 1. The molecule has 2 aromatic heterocycles. The first-order valence-corrected chi connectivity index (χ1v) is 7.44. The molecule has 0 atom stereocenters. The molecule has 2 aromatic carbocycles. The Morgan fingerprint density at radius 3 is 2.72 bits per heavy atom. The molecule has 2 heterocycles. The van der Waals surface area contributed by atoms with Crippen molar-refractivity contribution in [3.05, 3.63) is 59.7 Å². The highest BCUT2D eigenvalue weighted by Gasteiger charge is 2.07. The van der Waals surface area contributed by atoms with Crippen LogP contribution in [0.25, 0.3) is 22.1 Å². The van der Waals surface area contributed by atoms with Crippen molar-refractivity contribution in [1.82, 2.24) is 20.2 Å². The van der Waals surface area contributed by atoms with Crippen molar-refractivity contribution in [2.24, 2.45) is 5.10 Å². The summed E-state index contributed by atoms with van der Waals surface area (Å²) in [6.45, 7) is 0. The molecule has 0 aliphatic heterocycles. The number of fused-ring (bicyclic) bond motifs is 3. The zero-order chi connectivity index (χ0) is 17.2. The molecule has 25 heavy (non-hydrogen) atoms. The van der Waals surface area contributed by atoms with Crippen molar-refractivity contribution >= 4 is 40.2 Å². The van der Waals surface area contributed by atoms with Gasteiger partial charge in [0.05, 0.1) is 11.8 Å². The molecule has 0 bridgehead atoms. The minimum atomic E-state index is -0.965. The van der Waals surface area contributed by atoms with E-state index in [0.717, 1.165) is 16.5 Å². The van der Waals surface area contributed by atoms with Gasteiger partial charge >= 0.3 is 5.97 Å². The zero-order valence-corrected chi connectivity index (χ0v) is 12.8. The molecule has 0 aliphatic carbocycles. The van der Waals surface area contributed by atoms with Gasteiger partial charge in [0, 0.05) is 10.9 Å². The molecule has 4 aromatic rings. The molecule has 8 nitrogen and oxygen atoms in total. The third-order valence-electron chi connectivity index (χ3n) is 3.66. The normalized spacial score (nSPS) is 11.4. The SMILES string of the molecule is O=C(O)c1ccc(/C=N\Nc2nnc3c(n2)[nH]c2ccccc23)cc1. The van der Waals surface area contributed by atoms with Crippen LogP contribution in [-0.4, -0.2) is 37.5 Å². The highest BCUT2D eigenvalue weighted by molar-refractivity contribution is 6.03.